The number of imidazole rings is 1. The van der Waals surface area contributed by atoms with Gasteiger partial charge in [0.05, 0.1) is 12.8 Å². The lowest BCUT2D eigenvalue weighted by Gasteiger charge is -2.07. The van der Waals surface area contributed by atoms with Crippen molar-refractivity contribution in [3.8, 4) is 11.6 Å². The number of fused-ring (bicyclic) bond motifs is 1. The number of H-pyrrole nitrogens is 1. The lowest BCUT2D eigenvalue weighted by Crippen LogP contribution is -1.99. The highest BCUT2D eigenvalue weighted by Gasteiger charge is 2.14. The molecule has 102 valence electrons. The van der Waals surface area contributed by atoms with Gasteiger partial charge in [-0.15, -0.1) is 0 Å². The van der Waals surface area contributed by atoms with Crippen LogP contribution >= 0.6 is 46.4 Å². The average Bonchev–Trinajstić information content (AvgIpc) is 2.75. The van der Waals surface area contributed by atoms with Crippen molar-refractivity contribution < 1.29 is 4.74 Å². The highest BCUT2D eigenvalue weighted by Crippen LogP contribution is 2.27. The van der Waals surface area contributed by atoms with Crippen LogP contribution < -0.4 is 4.74 Å². The summed E-state index contributed by atoms with van der Waals surface area (Å²) in [7, 11) is 1.56. The minimum absolute atomic E-state index is 0.462. The van der Waals surface area contributed by atoms with Crippen LogP contribution in [0.3, 0.4) is 0 Å². The van der Waals surface area contributed by atoms with Gasteiger partial charge in [-0.1, -0.05) is 11.6 Å². The summed E-state index contributed by atoms with van der Waals surface area (Å²) in [5, 5.41) is 0.678. The van der Waals surface area contributed by atoms with Crippen LogP contribution in [0.1, 0.15) is 0 Å². The smallest absolute Gasteiger partial charge is 0.242 e. The van der Waals surface area contributed by atoms with Gasteiger partial charge in [0, 0.05) is 8.59 Å². The van der Waals surface area contributed by atoms with Crippen molar-refractivity contribution in [2.24, 2.45) is 0 Å². The second kappa shape index (κ2) is 5.30. The molecule has 3 rings (SSSR count). The first-order chi connectivity index (χ1) is 9.61. The number of aromatic amines is 1. The van der Waals surface area contributed by atoms with E-state index < -0.39 is 0 Å². The van der Waals surface area contributed by atoms with Gasteiger partial charge >= 0.3 is 0 Å². The zero-order valence-electron chi connectivity index (χ0n) is 10.2. The summed E-state index contributed by atoms with van der Waals surface area (Å²) in [4.78, 5) is 11.4. The van der Waals surface area contributed by atoms with Crippen molar-refractivity contribution in [2.45, 2.75) is 0 Å². The van der Waals surface area contributed by atoms with Gasteiger partial charge in [0.2, 0.25) is 5.88 Å². The topological polar surface area (TPSA) is 55.7 Å². The molecule has 2 aromatic heterocycles. The number of ether oxygens (including phenoxy) is 1. The minimum atomic E-state index is 0.462. The van der Waals surface area contributed by atoms with Gasteiger partial charge in [-0.25, -0.2) is 4.98 Å². The molecule has 0 fully saturated rings. The Morgan fingerprint density at radius 3 is 2.90 bits per heavy atom. The van der Waals surface area contributed by atoms with Gasteiger partial charge < -0.3 is 9.72 Å². The number of hydrogen-bond donors (Lipinski definition) is 1. The molecule has 5 nitrogen and oxygen atoms in total. The Hall–Kier alpha value is -1.19. The lowest BCUT2D eigenvalue weighted by atomic mass is 10.3. The Balaban J connectivity index is 2.37. The van der Waals surface area contributed by atoms with Crippen molar-refractivity contribution in [3.63, 3.8) is 0 Å². The van der Waals surface area contributed by atoms with Crippen LogP contribution in [0, 0.1) is 8.34 Å². The van der Waals surface area contributed by atoms with Crippen LogP contribution in [0.4, 0.5) is 0 Å². The summed E-state index contributed by atoms with van der Waals surface area (Å²) in [5.74, 6) is 0.462. The van der Waals surface area contributed by atoms with Crippen LogP contribution in [0.2, 0.25) is 5.02 Å². The van der Waals surface area contributed by atoms with Crippen molar-refractivity contribution in [3.05, 3.63) is 37.9 Å². The molecule has 3 aromatic rings. The van der Waals surface area contributed by atoms with E-state index in [-0.39, 0.29) is 0 Å². The quantitative estimate of drug-likeness (QED) is 0.509. The van der Waals surface area contributed by atoms with Gasteiger partial charge in [-0.3, -0.25) is 4.57 Å². The van der Waals surface area contributed by atoms with E-state index in [1.54, 1.807) is 7.11 Å². The third-order valence-electron chi connectivity index (χ3n) is 2.78. The summed E-state index contributed by atoms with van der Waals surface area (Å²) in [6, 6.07) is 5.59. The Morgan fingerprint density at radius 2 is 2.20 bits per heavy atom. The molecule has 0 amide bonds. The Labute approximate surface area is 138 Å². The van der Waals surface area contributed by atoms with E-state index in [1.165, 1.54) is 6.33 Å². The Morgan fingerprint density at radius 1 is 1.40 bits per heavy atom. The summed E-state index contributed by atoms with van der Waals surface area (Å²) in [6.45, 7) is 0. The molecular weight excluding hydrogens is 411 g/mol. The number of rotatable bonds is 2. The molecule has 20 heavy (non-hydrogen) atoms. The maximum absolute atomic E-state index is 5.99. The number of methoxy groups -OCH3 is 1. The van der Waals surface area contributed by atoms with Crippen LogP contribution in [0.5, 0.6) is 5.88 Å². The van der Waals surface area contributed by atoms with E-state index in [4.69, 9.17) is 28.6 Å². The van der Waals surface area contributed by atoms with Gasteiger partial charge in [0.1, 0.15) is 11.8 Å². The SMILES string of the molecule is COc1ncnc2c1[nH]c(=S)n2-c1ccc(Cl)cc1I. The number of hydrogen-bond acceptors (Lipinski definition) is 4. The third-order valence-corrected chi connectivity index (χ3v) is 4.17. The molecule has 0 unspecified atom stereocenters. The van der Waals surface area contributed by atoms with E-state index in [0.29, 0.717) is 26.8 Å². The van der Waals surface area contributed by atoms with Crippen LogP contribution in [0.25, 0.3) is 16.9 Å². The fourth-order valence-corrected chi connectivity index (χ4v) is 3.34. The van der Waals surface area contributed by atoms with Crippen LogP contribution in [0.15, 0.2) is 24.5 Å². The molecule has 0 saturated carbocycles. The van der Waals surface area contributed by atoms with Gasteiger partial charge in [-0.2, -0.15) is 4.98 Å². The molecule has 0 bridgehead atoms. The first-order valence-corrected chi connectivity index (χ1v) is 7.43. The van der Waals surface area contributed by atoms with Gasteiger partial charge in [-0.05, 0) is 53.0 Å². The maximum atomic E-state index is 5.99. The minimum Gasteiger partial charge on any atom is -0.479 e. The number of halogens is 2. The van der Waals surface area contributed by atoms with Crippen LogP contribution in [-0.2, 0) is 0 Å². The highest BCUT2D eigenvalue weighted by atomic mass is 127. The summed E-state index contributed by atoms with van der Waals surface area (Å²) in [5.41, 5.74) is 2.25. The molecule has 0 atom stereocenters. The average molecular weight is 419 g/mol. The van der Waals surface area contributed by atoms with Crippen molar-refractivity contribution in [2.75, 3.05) is 7.11 Å². The summed E-state index contributed by atoms with van der Waals surface area (Å²) >= 11 is 13.6. The number of nitrogens with one attached hydrogen (secondary N) is 1. The van der Waals surface area contributed by atoms with Gasteiger partial charge in [0.15, 0.2) is 10.4 Å². The summed E-state index contributed by atoms with van der Waals surface area (Å²) < 4.78 is 8.56. The zero-order valence-corrected chi connectivity index (χ0v) is 14.0. The first-order valence-electron chi connectivity index (χ1n) is 5.57. The van der Waals surface area contributed by atoms with Gasteiger partial charge in [0.25, 0.3) is 0 Å². The molecule has 0 aliphatic carbocycles. The number of nitrogens with zero attached hydrogens (tertiary/aromatic N) is 3. The monoisotopic (exact) mass is 418 g/mol. The normalized spacial score (nSPS) is 10.9. The molecule has 0 spiro atoms. The number of aromatic nitrogens is 4. The summed E-state index contributed by atoms with van der Waals surface area (Å²) in [6.07, 6.45) is 1.45. The molecule has 0 saturated heterocycles. The molecule has 1 N–H and O–H groups in total. The molecule has 8 heteroatoms. The Kier molecular flexibility index (Phi) is 3.65. The molecule has 0 aliphatic rings. The number of benzene rings is 1. The lowest BCUT2D eigenvalue weighted by molar-refractivity contribution is 0.401. The molecule has 0 aliphatic heterocycles. The molecule has 0 radical (unpaired) electrons. The molecular formula is C12H8ClIN4OS. The fraction of sp³-hybridized carbons (Fsp3) is 0.0833. The zero-order chi connectivity index (χ0) is 14.3. The van der Waals surface area contributed by atoms with E-state index in [0.717, 1.165) is 9.26 Å². The van der Waals surface area contributed by atoms with Crippen molar-refractivity contribution >= 4 is 57.6 Å². The predicted molar refractivity (Wildman–Crippen MR) is 88.3 cm³/mol. The van der Waals surface area contributed by atoms with Crippen molar-refractivity contribution in [1.29, 1.82) is 0 Å². The maximum Gasteiger partial charge on any atom is 0.242 e. The van der Waals surface area contributed by atoms with E-state index in [2.05, 4.69) is 37.5 Å². The fourth-order valence-electron chi connectivity index (χ4n) is 1.94. The van der Waals surface area contributed by atoms with Crippen LogP contribution in [-0.4, -0.2) is 26.6 Å². The second-order valence-corrected chi connectivity index (χ2v) is 5.93. The standard InChI is InChI=1S/C12H8ClIN4OS/c1-19-11-9-10(15-5-16-11)18(12(20)17-9)8-3-2-6(13)4-7(8)14/h2-5H,1H3,(H,17,20). The predicted octanol–water partition coefficient (Wildman–Crippen LogP) is 3.74. The van der Waals surface area contributed by atoms with E-state index in [9.17, 15) is 0 Å². The Bertz CT molecular complexity index is 860. The second-order valence-electron chi connectivity index (χ2n) is 3.94. The first kappa shape index (κ1) is 13.8. The van der Waals surface area contributed by atoms with E-state index in [1.807, 2.05) is 22.8 Å². The van der Waals surface area contributed by atoms with Crippen molar-refractivity contribution in [1.82, 2.24) is 19.5 Å². The highest BCUT2D eigenvalue weighted by molar-refractivity contribution is 14.1. The largest absolute Gasteiger partial charge is 0.479 e. The molecule has 1 aromatic carbocycles. The van der Waals surface area contributed by atoms with E-state index >= 15 is 0 Å². The molecule has 2 heterocycles. The third kappa shape index (κ3) is 2.19.